The Morgan fingerprint density at radius 2 is 2.33 bits per heavy atom. The zero-order valence-electron chi connectivity index (χ0n) is 12.1. The van der Waals surface area contributed by atoms with Crippen LogP contribution in [0.1, 0.15) is 32.1 Å². The molecule has 1 unspecified atom stereocenters. The lowest BCUT2D eigenvalue weighted by molar-refractivity contribution is -0.127. The maximum Gasteiger partial charge on any atom is 0.222 e. The van der Waals surface area contributed by atoms with E-state index in [1.54, 1.807) is 11.8 Å². The van der Waals surface area contributed by atoms with Gasteiger partial charge < -0.3 is 9.64 Å². The van der Waals surface area contributed by atoms with Crippen LogP contribution in [0.2, 0.25) is 0 Å². The molecule has 3 heterocycles. The summed E-state index contributed by atoms with van der Waals surface area (Å²) in [5.74, 6) is 1.22. The standard InChI is InChI=1S/C13H21N5O2S/c19-12-5-1-6-17(12)7-3-9-21-13-14-15-16-18(13)10-11-4-2-8-20-11/h11H,1-10H2. The van der Waals surface area contributed by atoms with Gasteiger partial charge in [-0.05, 0) is 36.1 Å². The zero-order valence-corrected chi connectivity index (χ0v) is 12.9. The Bertz CT molecular complexity index is 475. The van der Waals surface area contributed by atoms with Gasteiger partial charge in [0.2, 0.25) is 11.1 Å². The van der Waals surface area contributed by atoms with Crippen molar-refractivity contribution in [3.63, 3.8) is 0 Å². The van der Waals surface area contributed by atoms with Crippen molar-refractivity contribution in [2.24, 2.45) is 0 Å². The van der Waals surface area contributed by atoms with Crippen LogP contribution in [-0.4, -0.2) is 62.6 Å². The number of carbonyl (C=O) groups is 1. The average molecular weight is 311 g/mol. The van der Waals surface area contributed by atoms with Gasteiger partial charge in [-0.25, -0.2) is 4.68 Å². The summed E-state index contributed by atoms with van der Waals surface area (Å²) in [6, 6.07) is 0. The molecule has 0 radical (unpaired) electrons. The summed E-state index contributed by atoms with van der Waals surface area (Å²) >= 11 is 1.66. The van der Waals surface area contributed by atoms with Crippen molar-refractivity contribution in [2.45, 2.75) is 49.9 Å². The van der Waals surface area contributed by atoms with E-state index in [1.807, 2.05) is 9.58 Å². The second-order valence-electron chi connectivity index (χ2n) is 5.46. The van der Waals surface area contributed by atoms with Crippen LogP contribution in [0, 0.1) is 0 Å². The Morgan fingerprint density at radius 1 is 1.38 bits per heavy atom. The van der Waals surface area contributed by atoms with E-state index in [2.05, 4.69) is 15.5 Å². The molecule has 0 N–H and O–H groups in total. The van der Waals surface area contributed by atoms with Gasteiger partial charge in [-0.15, -0.1) is 5.10 Å². The molecule has 2 aliphatic heterocycles. The van der Waals surface area contributed by atoms with Crippen LogP contribution >= 0.6 is 11.8 Å². The van der Waals surface area contributed by atoms with Gasteiger partial charge in [-0.3, -0.25) is 4.79 Å². The van der Waals surface area contributed by atoms with E-state index in [9.17, 15) is 4.79 Å². The lowest BCUT2D eigenvalue weighted by Gasteiger charge is -2.14. The summed E-state index contributed by atoms with van der Waals surface area (Å²) in [5, 5.41) is 12.7. The van der Waals surface area contributed by atoms with Crippen molar-refractivity contribution in [3.05, 3.63) is 0 Å². The third kappa shape index (κ3) is 3.94. The molecule has 0 saturated carbocycles. The Balaban J connectivity index is 1.40. The van der Waals surface area contributed by atoms with Crippen LogP contribution < -0.4 is 0 Å². The highest BCUT2D eigenvalue weighted by atomic mass is 32.2. The first kappa shape index (κ1) is 14.8. The fraction of sp³-hybridized carbons (Fsp3) is 0.846. The molecule has 3 rings (SSSR count). The molecule has 1 atom stereocenters. The lowest BCUT2D eigenvalue weighted by Crippen LogP contribution is -2.26. The number of thioether (sulfide) groups is 1. The fourth-order valence-corrected chi connectivity index (χ4v) is 3.57. The van der Waals surface area contributed by atoms with E-state index in [1.165, 1.54) is 0 Å². The van der Waals surface area contributed by atoms with E-state index in [-0.39, 0.29) is 6.10 Å². The highest BCUT2D eigenvalue weighted by Gasteiger charge is 2.20. The number of hydrogen-bond donors (Lipinski definition) is 0. The first-order chi connectivity index (χ1) is 10.3. The molecule has 2 saturated heterocycles. The van der Waals surface area contributed by atoms with Gasteiger partial charge >= 0.3 is 0 Å². The Kier molecular flexibility index (Phi) is 5.08. The first-order valence-electron chi connectivity index (χ1n) is 7.61. The molecule has 8 heteroatoms. The number of tetrazole rings is 1. The van der Waals surface area contributed by atoms with E-state index in [4.69, 9.17) is 4.74 Å². The van der Waals surface area contributed by atoms with Crippen LogP contribution in [0.15, 0.2) is 5.16 Å². The minimum Gasteiger partial charge on any atom is -0.376 e. The summed E-state index contributed by atoms with van der Waals surface area (Å²) < 4.78 is 7.45. The van der Waals surface area contributed by atoms with E-state index in [0.717, 1.165) is 62.8 Å². The number of aromatic nitrogens is 4. The highest BCUT2D eigenvalue weighted by molar-refractivity contribution is 7.99. The van der Waals surface area contributed by atoms with E-state index >= 15 is 0 Å². The van der Waals surface area contributed by atoms with Crippen LogP contribution in [0.5, 0.6) is 0 Å². The van der Waals surface area contributed by atoms with Gasteiger partial charge in [0.15, 0.2) is 0 Å². The summed E-state index contributed by atoms with van der Waals surface area (Å²) in [6.07, 6.45) is 5.15. The number of ether oxygens (including phenoxy) is 1. The molecule has 0 bridgehead atoms. The van der Waals surface area contributed by atoms with Crippen molar-refractivity contribution in [3.8, 4) is 0 Å². The van der Waals surface area contributed by atoms with Gasteiger partial charge in [0, 0.05) is 31.9 Å². The molecule has 0 aromatic carbocycles. The number of likely N-dealkylation sites (tertiary alicyclic amines) is 1. The van der Waals surface area contributed by atoms with Gasteiger partial charge in [-0.1, -0.05) is 11.8 Å². The highest BCUT2D eigenvalue weighted by Crippen LogP contribution is 2.19. The average Bonchev–Trinajstić information content (AvgIpc) is 3.20. The summed E-state index contributed by atoms with van der Waals surface area (Å²) in [5.41, 5.74) is 0. The normalized spacial score (nSPS) is 22.4. The second kappa shape index (κ2) is 7.22. The summed E-state index contributed by atoms with van der Waals surface area (Å²) in [6.45, 7) is 3.35. The van der Waals surface area contributed by atoms with Crippen molar-refractivity contribution in [1.29, 1.82) is 0 Å². The Labute approximate surface area is 128 Å². The Morgan fingerprint density at radius 3 is 3.10 bits per heavy atom. The molecule has 1 amide bonds. The second-order valence-corrected chi connectivity index (χ2v) is 6.53. The van der Waals surface area contributed by atoms with Gasteiger partial charge in [0.25, 0.3) is 0 Å². The number of rotatable bonds is 7. The minimum atomic E-state index is 0.245. The molecule has 1 aromatic heterocycles. The van der Waals surface area contributed by atoms with Crippen LogP contribution in [0.4, 0.5) is 0 Å². The number of carbonyl (C=O) groups excluding carboxylic acids is 1. The van der Waals surface area contributed by atoms with Crippen molar-refractivity contribution >= 4 is 17.7 Å². The molecule has 116 valence electrons. The summed E-state index contributed by atoms with van der Waals surface area (Å²) in [7, 11) is 0. The monoisotopic (exact) mass is 311 g/mol. The predicted molar refractivity (Wildman–Crippen MR) is 77.9 cm³/mol. The Hall–Kier alpha value is -1.15. The molecule has 1 aromatic rings. The molecular formula is C13H21N5O2S. The molecule has 2 aliphatic rings. The lowest BCUT2D eigenvalue weighted by atomic mass is 10.2. The van der Waals surface area contributed by atoms with Crippen LogP contribution in [0.25, 0.3) is 0 Å². The molecule has 0 spiro atoms. The van der Waals surface area contributed by atoms with Gasteiger partial charge in [-0.2, -0.15) is 0 Å². The van der Waals surface area contributed by atoms with E-state index < -0.39 is 0 Å². The zero-order chi connectivity index (χ0) is 14.5. The maximum atomic E-state index is 11.5. The fourth-order valence-electron chi connectivity index (χ4n) is 2.75. The molecule has 0 aliphatic carbocycles. The first-order valence-corrected chi connectivity index (χ1v) is 8.60. The number of hydrogen-bond acceptors (Lipinski definition) is 6. The molecule has 21 heavy (non-hydrogen) atoms. The number of amides is 1. The van der Waals surface area contributed by atoms with Crippen molar-refractivity contribution in [2.75, 3.05) is 25.4 Å². The van der Waals surface area contributed by atoms with Crippen molar-refractivity contribution < 1.29 is 9.53 Å². The maximum absolute atomic E-state index is 11.5. The third-order valence-electron chi connectivity index (χ3n) is 3.87. The number of nitrogens with zero attached hydrogens (tertiary/aromatic N) is 5. The molecule has 2 fully saturated rings. The van der Waals surface area contributed by atoms with Gasteiger partial charge in [0.05, 0.1) is 12.6 Å². The van der Waals surface area contributed by atoms with Crippen LogP contribution in [-0.2, 0) is 16.1 Å². The third-order valence-corrected chi connectivity index (χ3v) is 4.92. The predicted octanol–water partition coefficient (Wildman–Crippen LogP) is 0.957. The quantitative estimate of drug-likeness (QED) is 0.551. The smallest absolute Gasteiger partial charge is 0.222 e. The molecule has 7 nitrogen and oxygen atoms in total. The SMILES string of the molecule is O=C1CCCN1CCCSc1nnnn1CC1CCCO1. The topological polar surface area (TPSA) is 73.1 Å². The minimum absolute atomic E-state index is 0.245. The van der Waals surface area contributed by atoms with Crippen molar-refractivity contribution in [1.82, 2.24) is 25.1 Å². The largest absolute Gasteiger partial charge is 0.376 e. The van der Waals surface area contributed by atoms with Crippen LogP contribution in [0.3, 0.4) is 0 Å². The summed E-state index contributed by atoms with van der Waals surface area (Å²) in [4.78, 5) is 13.5. The molecular weight excluding hydrogens is 290 g/mol. The van der Waals surface area contributed by atoms with Gasteiger partial charge in [0.1, 0.15) is 0 Å². The van der Waals surface area contributed by atoms with E-state index in [0.29, 0.717) is 12.3 Å².